The van der Waals surface area contributed by atoms with Gasteiger partial charge in [0.05, 0.1) is 0 Å². The molecular formula is C6H9Si3. The first-order valence-electron chi connectivity index (χ1n) is 2.59. The predicted molar refractivity (Wildman–Crippen MR) is 47.9 cm³/mol. The summed E-state index contributed by atoms with van der Waals surface area (Å²) in [6.07, 6.45) is 0. The Hall–Kier alpha value is -0.129. The minimum Gasteiger partial charge on any atom is -0.107 e. The Bertz CT molecular complexity index is 106. The largest absolute Gasteiger partial charge is 0.107 e. The van der Waals surface area contributed by atoms with Crippen LogP contribution in [0, 0.1) is 0 Å². The minimum absolute atomic E-state index is 0.709. The van der Waals surface area contributed by atoms with Crippen molar-refractivity contribution in [3.8, 4) is 0 Å². The van der Waals surface area contributed by atoms with Gasteiger partial charge >= 0.3 is 0 Å². The fourth-order valence-electron chi connectivity index (χ4n) is 0.403. The third-order valence-electron chi connectivity index (χ3n) is 1.23. The van der Waals surface area contributed by atoms with Crippen molar-refractivity contribution >= 4 is 25.9 Å². The molecule has 0 amide bonds. The Morgan fingerprint density at radius 3 is 1.44 bits per heavy atom. The summed E-state index contributed by atoms with van der Waals surface area (Å²) in [6, 6.07) is 0. The van der Waals surface area contributed by atoms with Crippen LogP contribution in [0.1, 0.15) is 0 Å². The van der Waals surface area contributed by atoms with Crippen molar-refractivity contribution < 1.29 is 0 Å². The van der Waals surface area contributed by atoms with Crippen LogP contribution in [0.5, 0.6) is 0 Å². The van der Waals surface area contributed by atoms with Crippen molar-refractivity contribution in [1.82, 2.24) is 0 Å². The number of hydrogen-bond acceptors (Lipinski definition) is 0. The normalized spacial score (nSPS) is 10.3. The highest BCUT2D eigenvalue weighted by molar-refractivity contribution is 7.45. The fourth-order valence-corrected chi connectivity index (χ4v) is 4.88. The molecule has 0 aromatic rings. The van der Waals surface area contributed by atoms with Crippen LogP contribution in [0.3, 0.4) is 0 Å². The summed E-state index contributed by atoms with van der Waals surface area (Å²) in [6.45, 7) is 11.2. The van der Waals surface area contributed by atoms with Gasteiger partial charge in [0.1, 0.15) is 7.59 Å². The van der Waals surface area contributed by atoms with E-state index in [1.165, 1.54) is 0 Å². The van der Waals surface area contributed by atoms with E-state index in [9.17, 15) is 0 Å². The molecule has 0 aliphatic rings. The summed E-state index contributed by atoms with van der Waals surface area (Å²) in [5.74, 6) is 0. The first-order chi connectivity index (χ1) is 4.24. The second-order valence-electron chi connectivity index (χ2n) is 1.67. The van der Waals surface area contributed by atoms with Crippen LogP contribution >= 0.6 is 0 Å². The zero-order valence-corrected chi connectivity index (χ0v) is 8.35. The maximum absolute atomic E-state index is 3.74. The maximum Gasteiger partial charge on any atom is 0.105 e. The minimum atomic E-state index is -1.46. The maximum atomic E-state index is 3.74. The molecule has 0 N–H and O–H groups in total. The highest BCUT2D eigenvalue weighted by Crippen LogP contribution is 2.02. The standard InChI is InChI=1S/C6H9Si3/c1-4-9(5-2,6-3)8-7/h4-6H,1-3H2. The lowest BCUT2D eigenvalue weighted by Crippen LogP contribution is -2.36. The first-order valence-corrected chi connectivity index (χ1v) is 8.32. The molecule has 0 aliphatic heterocycles. The molecule has 0 rings (SSSR count). The Morgan fingerprint density at radius 2 is 1.44 bits per heavy atom. The Labute approximate surface area is 63.2 Å². The smallest absolute Gasteiger partial charge is 0.105 e. The van der Waals surface area contributed by atoms with Crippen LogP contribution in [0.2, 0.25) is 0 Å². The molecule has 45 valence electrons. The molecule has 0 atom stereocenters. The molecule has 0 nitrogen and oxygen atoms in total. The van der Waals surface area contributed by atoms with Crippen molar-refractivity contribution in [3.05, 3.63) is 36.8 Å². The molecular weight excluding hydrogens is 156 g/mol. The fraction of sp³-hybridized carbons (Fsp3) is 0. The second-order valence-corrected chi connectivity index (χ2v) is 10.6. The van der Waals surface area contributed by atoms with Gasteiger partial charge in [-0.05, 0) is 0 Å². The first kappa shape index (κ1) is 8.87. The zero-order valence-electron chi connectivity index (χ0n) is 5.35. The third-order valence-corrected chi connectivity index (χ3v) is 10.7. The average molecular weight is 165 g/mol. The summed E-state index contributed by atoms with van der Waals surface area (Å²) < 4.78 is 0. The summed E-state index contributed by atoms with van der Waals surface area (Å²) >= 11 is 0. The highest BCUT2D eigenvalue weighted by Gasteiger charge is 2.17. The molecule has 3 heteroatoms. The van der Waals surface area contributed by atoms with Crippen molar-refractivity contribution in [3.63, 3.8) is 0 Å². The van der Waals surface area contributed by atoms with E-state index >= 15 is 0 Å². The molecule has 0 fully saturated rings. The lowest BCUT2D eigenvalue weighted by Gasteiger charge is -2.14. The monoisotopic (exact) mass is 165 g/mol. The van der Waals surface area contributed by atoms with Gasteiger partial charge in [0.25, 0.3) is 0 Å². The molecule has 0 bridgehead atoms. The van der Waals surface area contributed by atoms with Crippen LogP contribution < -0.4 is 0 Å². The van der Waals surface area contributed by atoms with Crippen LogP contribution in [-0.2, 0) is 0 Å². The summed E-state index contributed by atoms with van der Waals surface area (Å²) in [7, 11) is 2.73. The number of rotatable bonds is 4. The van der Waals surface area contributed by atoms with Gasteiger partial charge < -0.3 is 0 Å². The van der Waals surface area contributed by atoms with Gasteiger partial charge in [-0.1, -0.05) is 17.1 Å². The van der Waals surface area contributed by atoms with E-state index < -0.39 is 7.59 Å². The van der Waals surface area contributed by atoms with Gasteiger partial charge in [0.15, 0.2) is 0 Å². The van der Waals surface area contributed by atoms with E-state index in [-0.39, 0.29) is 0 Å². The van der Waals surface area contributed by atoms with E-state index in [1.54, 1.807) is 0 Å². The molecule has 0 aromatic heterocycles. The van der Waals surface area contributed by atoms with Gasteiger partial charge in [0, 0.05) is 18.3 Å². The lowest BCUT2D eigenvalue weighted by atomic mass is 11.2. The molecule has 5 radical (unpaired) electrons. The molecule has 0 aromatic carbocycles. The molecule has 0 saturated carbocycles. The van der Waals surface area contributed by atoms with E-state index in [0.717, 1.165) is 0 Å². The second kappa shape index (κ2) is 3.81. The van der Waals surface area contributed by atoms with Crippen LogP contribution in [0.4, 0.5) is 0 Å². The summed E-state index contributed by atoms with van der Waals surface area (Å²) in [5.41, 5.74) is 5.91. The molecule has 9 heavy (non-hydrogen) atoms. The Morgan fingerprint density at radius 1 is 1.11 bits per heavy atom. The van der Waals surface area contributed by atoms with Gasteiger partial charge in [-0.25, -0.2) is 0 Å². The topological polar surface area (TPSA) is 0 Å². The summed E-state index contributed by atoms with van der Waals surface area (Å²) in [5, 5.41) is 0. The highest BCUT2D eigenvalue weighted by atomic mass is 29.5. The molecule has 0 spiro atoms. The predicted octanol–water partition coefficient (Wildman–Crippen LogP) is 0.895. The van der Waals surface area contributed by atoms with Gasteiger partial charge in [-0.3, -0.25) is 0 Å². The van der Waals surface area contributed by atoms with Crippen molar-refractivity contribution in [1.29, 1.82) is 0 Å². The van der Waals surface area contributed by atoms with E-state index in [2.05, 4.69) is 29.5 Å². The number of hydrogen-bond donors (Lipinski definition) is 0. The summed E-state index contributed by atoms with van der Waals surface area (Å²) in [4.78, 5) is 0. The van der Waals surface area contributed by atoms with Crippen molar-refractivity contribution in [2.45, 2.75) is 0 Å². The Balaban J connectivity index is 4.34. The van der Waals surface area contributed by atoms with E-state index in [0.29, 0.717) is 8.55 Å². The molecule has 0 heterocycles. The molecule has 0 unspecified atom stereocenters. The van der Waals surface area contributed by atoms with Crippen LogP contribution in [-0.4, -0.2) is 25.9 Å². The molecule has 0 saturated heterocycles. The van der Waals surface area contributed by atoms with Crippen LogP contribution in [0.25, 0.3) is 0 Å². The van der Waals surface area contributed by atoms with E-state index in [1.807, 2.05) is 17.1 Å². The van der Waals surface area contributed by atoms with Gasteiger partial charge in [-0.2, -0.15) is 0 Å². The lowest BCUT2D eigenvalue weighted by molar-refractivity contribution is 2.21. The molecule has 0 aliphatic carbocycles. The van der Waals surface area contributed by atoms with Gasteiger partial charge in [-0.15, -0.1) is 19.7 Å². The SMILES string of the molecule is C=C[Si](C=C)(C=C)[Si][Si]. The quantitative estimate of drug-likeness (QED) is 0.543. The Kier molecular flexibility index (Phi) is 3.76. The third kappa shape index (κ3) is 1.93. The van der Waals surface area contributed by atoms with Crippen molar-refractivity contribution in [2.24, 2.45) is 0 Å². The van der Waals surface area contributed by atoms with Crippen LogP contribution in [0.15, 0.2) is 36.8 Å². The van der Waals surface area contributed by atoms with Crippen molar-refractivity contribution in [2.75, 3.05) is 0 Å². The average Bonchev–Trinajstić information content (AvgIpc) is 1.95. The van der Waals surface area contributed by atoms with Gasteiger partial charge in [0.2, 0.25) is 0 Å². The zero-order chi connectivity index (χ0) is 7.33. The van der Waals surface area contributed by atoms with E-state index in [4.69, 9.17) is 0 Å².